The SMILES string of the molecule is Oc1ccc2ccccc2c1C=Nc1ccc2cccnc2c1. The maximum absolute atomic E-state index is 10.2. The summed E-state index contributed by atoms with van der Waals surface area (Å²) in [7, 11) is 0. The summed E-state index contributed by atoms with van der Waals surface area (Å²) in [5, 5.41) is 13.3. The predicted octanol–water partition coefficient (Wildman–Crippen LogP) is 4.84. The minimum atomic E-state index is 0.228. The van der Waals surface area contributed by atoms with Crippen LogP contribution in [-0.4, -0.2) is 16.3 Å². The molecule has 3 heteroatoms. The number of rotatable bonds is 2. The topological polar surface area (TPSA) is 45.5 Å². The van der Waals surface area contributed by atoms with E-state index in [1.807, 2.05) is 60.7 Å². The van der Waals surface area contributed by atoms with E-state index in [1.165, 1.54) is 0 Å². The Bertz CT molecular complexity index is 1040. The third-order valence-corrected chi connectivity index (χ3v) is 3.88. The quantitative estimate of drug-likeness (QED) is 0.538. The highest BCUT2D eigenvalue weighted by Crippen LogP contribution is 2.26. The molecule has 4 aromatic rings. The number of phenolic OH excluding ortho intramolecular Hbond substituents is 1. The molecule has 0 aliphatic carbocycles. The summed E-state index contributed by atoms with van der Waals surface area (Å²) in [6, 6.07) is 21.4. The van der Waals surface area contributed by atoms with Gasteiger partial charge in [-0.05, 0) is 35.0 Å². The standard InChI is InChI=1S/C20H14N2O/c23-20-10-8-14-4-1-2-6-17(14)18(20)13-22-16-9-7-15-5-3-11-21-19(15)12-16/h1-13,23H. The van der Waals surface area contributed by atoms with Crippen molar-refractivity contribution in [3.8, 4) is 5.75 Å². The molecule has 4 rings (SSSR count). The molecule has 0 aliphatic heterocycles. The zero-order valence-corrected chi connectivity index (χ0v) is 12.3. The molecule has 0 bridgehead atoms. The van der Waals surface area contributed by atoms with Crippen molar-refractivity contribution in [2.75, 3.05) is 0 Å². The Hall–Kier alpha value is -3.20. The summed E-state index contributed by atoms with van der Waals surface area (Å²) in [4.78, 5) is 8.85. The minimum absolute atomic E-state index is 0.228. The molecule has 110 valence electrons. The van der Waals surface area contributed by atoms with E-state index in [9.17, 15) is 5.11 Å². The van der Waals surface area contributed by atoms with Gasteiger partial charge in [-0.1, -0.05) is 42.5 Å². The molecule has 0 spiro atoms. The fourth-order valence-corrected chi connectivity index (χ4v) is 2.69. The number of hydrogen-bond acceptors (Lipinski definition) is 3. The maximum atomic E-state index is 10.2. The summed E-state index contributed by atoms with van der Waals surface area (Å²) < 4.78 is 0. The number of phenols is 1. The molecule has 0 atom stereocenters. The smallest absolute Gasteiger partial charge is 0.124 e. The van der Waals surface area contributed by atoms with Crippen LogP contribution in [0.15, 0.2) is 77.9 Å². The van der Waals surface area contributed by atoms with Gasteiger partial charge in [0.1, 0.15) is 5.75 Å². The van der Waals surface area contributed by atoms with Crippen molar-refractivity contribution in [2.24, 2.45) is 4.99 Å². The number of fused-ring (bicyclic) bond motifs is 2. The number of benzene rings is 3. The van der Waals surface area contributed by atoms with Gasteiger partial charge >= 0.3 is 0 Å². The van der Waals surface area contributed by atoms with E-state index in [2.05, 4.69) is 9.98 Å². The fraction of sp³-hybridized carbons (Fsp3) is 0. The predicted molar refractivity (Wildman–Crippen MR) is 94.6 cm³/mol. The lowest BCUT2D eigenvalue weighted by molar-refractivity contribution is 0.475. The van der Waals surface area contributed by atoms with Gasteiger partial charge in [0.2, 0.25) is 0 Å². The Morgan fingerprint density at radius 3 is 2.65 bits per heavy atom. The van der Waals surface area contributed by atoms with Crippen LogP contribution in [0.25, 0.3) is 21.7 Å². The third kappa shape index (κ3) is 2.53. The number of aliphatic imine (C=N–C) groups is 1. The molecule has 23 heavy (non-hydrogen) atoms. The number of aromatic nitrogens is 1. The van der Waals surface area contributed by atoms with E-state index < -0.39 is 0 Å². The first kappa shape index (κ1) is 13.5. The van der Waals surface area contributed by atoms with Gasteiger partial charge in [-0.2, -0.15) is 0 Å². The van der Waals surface area contributed by atoms with Crippen molar-refractivity contribution >= 4 is 33.6 Å². The lowest BCUT2D eigenvalue weighted by Gasteiger charge is -2.04. The van der Waals surface area contributed by atoms with Crippen molar-refractivity contribution in [2.45, 2.75) is 0 Å². The van der Waals surface area contributed by atoms with Crippen LogP contribution in [0.3, 0.4) is 0 Å². The van der Waals surface area contributed by atoms with Crippen molar-refractivity contribution in [1.29, 1.82) is 0 Å². The largest absolute Gasteiger partial charge is 0.507 e. The van der Waals surface area contributed by atoms with Crippen LogP contribution in [-0.2, 0) is 0 Å². The Balaban J connectivity index is 1.79. The van der Waals surface area contributed by atoms with Crippen LogP contribution >= 0.6 is 0 Å². The summed E-state index contributed by atoms with van der Waals surface area (Å²) in [6.07, 6.45) is 3.48. The van der Waals surface area contributed by atoms with Crippen molar-refractivity contribution in [1.82, 2.24) is 4.98 Å². The number of hydrogen-bond donors (Lipinski definition) is 1. The second-order valence-electron chi connectivity index (χ2n) is 5.36. The van der Waals surface area contributed by atoms with Crippen molar-refractivity contribution in [3.05, 3.63) is 78.5 Å². The highest BCUT2D eigenvalue weighted by atomic mass is 16.3. The van der Waals surface area contributed by atoms with Crippen LogP contribution in [0.5, 0.6) is 5.75 Å². The Morgan fingerprint density at radius 2 is 1.70 bits per heavy atom. The van der Waals surface area contributed by atoms with Gasteiger partial charge in [0.15, 0.2) is 0 Å². The number of aromatic hydroxyl groups is 1. The average molecular weight is 298 g/mol. The summed E-state index contributed by atoms with van der Waals surface area (Å²) in [5.74, 6) is 0.228. The molecule has 3 aromatic carbocycles. The molecule has 1 N–H and O–H groups in total. The minimum Gasteiger partial charge on any atom is -0.507 e. The van der Waals surface area contributed by atoms with E-state index >= 15 is 0 Å². The van der Waals surface area contributed by atoms with E-state index in [-0.39, 0.29) is 5.75 Å². The Morgan fingerprint density at radius 1 is 0.870 bits per heavy atom. The molecule has 3 nitrogen and oxygen atoms in total. The van der Waals surface area contributed by atoms with Crippen LogP contribution < -0.4 is 0 Å². The van der Waals surface area contributed by atoms with Crippen LogP contribution in [0.4, 0.5) is 5.69 Å². The van der Waals surface area contributed by atoms with Crippen molar-refractivity contribution < 1.29 is 5.11 Å². The Kier molecular flexibility index (Phi) is 3.24. The van der Waals surface area contributed by atoms with Gasteiger partial charge < -0.3 is 5.11 Å². The van der Waals surface area contributed by atoms with E-state index in [0.717, 1.165) is 32.9 Å². The molecule has 0 fully saturated rings. The van der Waals surface area contributed by atoms with Crippen LogP contribution in [0, 0.1) is 0 Å². The van der Waals surface area contributed by atoms with Crippen LogP contribution in [0.1, 0.15) is 5.56 Å². The van der Waals surface area contributed by atoms with E-state index in [0.29, 0.717) is 0 Å². The molecule has 0 saturated carbocycles. The second kappa shape index (κ2) is 5.54. The molecule has 0 radical (unpaired) electrons. The lowest BCUT2D eigenvalue weighted by Crippen LogP contribution is -1.86. The van der Waals surface area contributed by atoms with Crippen molar-refractivity contribution in [3.63, 3.8) is 0 Å². The second-order valence-corrected chi connectivity index (χ2v) is 5.36. The molecular formula is C20H14N2O. The fourth-order valence-electron chi connectivity index (χ4n) is 2.69. The van der Waals surface area contributed by atoms with E-state index in [1.54, 1.807) is 18.5 Å². The normalized spacial score (nSPS) is 11.5. The molecule has 0 saturated heterocycles. The summed E-state index contributed by atoms with van der Waals surface area (Å²) in [5.41, 5.74) is 2.44. The number of nitrogens with zero attached hydrogens (tertiary/aromatic N) is 2. The molecule has 0 aliphatic rings. The first-order valence-electron chi connectivity index (χ1n) is 7.41. The van der Waals surface area contributed by atoms with Crippen LogP contribution in [0.2, 0.25) is 0 Å². The van der Waals surface area contributed by atoms with Gasteiger partial charge in [0.25, 0.3) is 0 Å². The summed E-state index contributed by atoms with van der Waals surface area (Å²) in [6.45, 7) is 0. The van der Waals surface area contributed by atoms with Gasteiger partial charge in [0.05, 0.1) is 11.2 Å². The summed E-state index contributed by atoms with van der Waals surface area (Å²) >= 11 is 0. The molecule has 1 aromatic heterocycles. The van der Waals surface area contributed by atoms with Gasteiger partial charge in [-0.3, -0.25) is 9.98 Å². The molecule has 1 heterocycles. The maximum Gasteiger partial charge on any atom is 0.124 e. The van der Waals surface area contributed by atoms with Gasteiger partial charge in [0, 0.05) is 23.4 Å². The monoisotopic (exact) mass is 298 g/mol. The Labute approximate surface area is 133 Å². The van der Waals surface area contributed by atoms with E-state index in [4.69, 9.17) is 0 Å². The molecular weight excluding hydrogens is 284 g/mol. The van der Waals surface area contributed by atoms with Gasteiger partial charge in [-0.15, -0.1) is 0 Å². The molecule has 0 amide bonds. The van der Waals surface area contributed by atoms with Gasteiger partial charge in [-0.25, -0.2) is 0 Å². The first-order valence-corrected chi connectivity index (χ1v) is 7.41. The molecule has 0 unspecified atom stereocenters. The third-order valence-electron chi connectivity index (χ3n) is 3.88. The number of pyridine rings is 1. The highest BCUT2D eigenvalue weighted by molar-refractivity contribution is 6.03. The first-order chi connectivity index (χ1) is 11.3. The zero-order valence-electron chi connectivity index (χ0n) is 12.3. The highest BCUT2D eigenvalue weighted by Gasteiger charge is 2.04. The average Bonchev–Trinajstić information content (AvgIpc) is 2.61. The zero-order chi connectivity index (χ0) is 15.6. The lowest BCUT2D eigenvalue weighted by atomic mass is 10.0.